The number of benzene rings is 2. The normalized spacial score (nSPS) is 10.3. The second-order valence-corrected chi connectivity index (χ2v) is 4.91. The number of amides is 1. The van der Waals surface area contributed by atoms with Crippen LogP contribution in [0.1, 0.15) is 10.4 Å². The van der Waals surface area contributed by atoms with E-state index in [9.17, 15) is 9.18 Å². The molecule has 2 rings (SSSR count). The van der Waals surface area contributed by atoms with Crippen LogP contribution < -0.4 is 10.6 Å². The van der Waals surface area contributed by atoms with E-state index >= 15 is 0 Å². The van der Waals surface area contributed by atoms with Crippen molar-refractivity contribution in [3.63, 3.8) is 0 Å². The number of halogens is 2. The van der Waals surface area contributed by atoms with Crippen LogP contribution in [0.4, 0.5) is 15.8 Å². The van der Waals surface area contributed by atoms with Gasteiger partial charge in [-0.25, -0.2) is 4.39 Å². The first-order chi connectivity index (χ1) is 9.00. The fourth-order valence-electron chi connectivity index (χ4n) is 1.73. The average Bonchev–Trinajstić information content (AvgIpc) is 2.41. The van der Waals surface area contributed by atoms with Crippen LogP contribution in [0.2, 0.25) is 0 Å². The molecule has 1 amide bonds. The lowest BCUT2D eigenvalue weighted by atomic mass is 10.1. The smallest absolute Gasteiger partial charge is 0.258 e. The summed E-state index contributed by atoms with van der Waals surface area (Å²) in [7, 11) is 1.61. The van der Waals surface area contributed by atoms with Crippen molar-refractivity contribution in [1.29, 1.82) is 0 Å². The minimum absolute atomic E-state index is 0.270. The first-order valence-corrected chi connectivity index (χ1v) is 6.37. The number of rotatable bonds is 2. The van der Waals surface area contributed by atoms with Crippen LogP contribution in [-0.4, -0.2) is 13.0 Å². The number of hydrogen-bond acceptors (Lipinski definition) is 2. The van der Waals surface area contributed by atoms with Crippen molar-refractivity contribution < 1.29 is 9.18 Å². The van der Waals surface area contributed by atoms with Gasteiger partial charge in [0.1, 0.15) is 5.82 Å². The number of carbonyl (C=O) groups is 1. The number of nitrogens with two attached hydrogens (primary N) is 1. The number of para-hydroxylation sites is 2. The van der Waals surface area contributed by atoms with E-state index in [2.05, 4.69) is 15.9 Å². The molecule has 3 nitrogen and oxygen atoms in total. The molecule has 19 heavy (non-hydrogen) atoms. The Kier molecular flexibility index (Phi) is 3.85. The Morgan fingerprint density at radius 3 is 2.58 bits per heavy atom. The molecule has 2 N–H and O–H groups in total. The fourth-order valence-corrected chi connectivity index (χ4v) is 1.97. The SMILES string of the molecule is CN(C(=O)c1ccc(Br)c(F)c1)c1ccccc1N. The van der Waals surface area contributed by atoms with Crippen LogP contribution in [0, 0.1) is 5.82 Å². The van der Waals surface area contributed by atoms with Crippen molar-refractivity contribution in [2.24, 2.45) is 0 Å². The topological polar surface area (TPSA) is 46.3 Å². The minimum Gasteiger partial charge on any atom is -0.397 e. The molecule has 5 heteroatoms. The molecule has 0 aromatic heterocycles. The van der Waals surface area contributed by atoms with E-state index in [-0.39, 0.29) is 11.5 Å². The molecule has 0 unspecified atom stereocenters. The first kappa shape index (κ1) is 13.5. The lowest BCUT2D eigenvalue weighted by molar-refractivity contribution is 0.0992. The maximum absolute atomic E-state index is 13.4. The zero-order valence-electron chi connectivity index (χ0n) is 10.2. The maximum Gasteiger partial charge on any atom is 0.258 e. The van der Waals surface area contributed by atoms with E-state index in [4.69, 9.17) is 5.73 Å². The van der Waals surface area contributed by atoms with E-state index in [1.54, 1.807) is 37.4 Å². The standard InChI is InChI=1S/C14H12BrFN2O/c1-18(13-5-3-2-4-12(13)17)14(19)9-6-7-10(15)11(16)8-9/h2-8H,17H2,1H3. The molecule has 0 saturated heterocycles. The van der Waals surface area contributed by atoms with Crippen LogP contribution >= 0.6 is 15.9 Å². The molecule has 0 fully saturated rings. The third-order valence-electron chi connectivity index (χ3n) is 2.77. The molecule has 2 aromatic rings. The molecule has 0 atom stereocenters. The maximum atomic E-state index is 13.4. The third-order valence-corrected chi connectivity index (χ3v) is 3.41. The van der Waals surface area contributed by atoms with Gasteiger partial charge >= 0.3 is 0 Å². The fraction of sp³-hybridized carbons (Fsp3) is 0.0714. The number of carbonyl (C=O) groups excluding carboxylic acids is 1. The molecular formula is C14H12BrFN2O. The molecule has 0 saturated carbocycles. The molecule has 2 aromatic carbocycles. The Labute approximate surface area is 119 Å². The van der Waals surface area contributed by atoms with Gasteiger partial charge in [-0.3, -0.25) is 4.79 Å². The highest BCUT2D eigenvalue weighted by Gasteiger charge is 2.16. The van der Waals surface area contributed by atoms with Gasteiger partial charge < -0.3 is 10.6 Å². The summed E-state index contributed by atoms with van der Waals surface area (Å²) in [6, 6.07) is 11.3. The number of nitrogens with zero attached hydrogens (tertiary/aromatic N) is 1. The Hall–Kier alpha value is -1.88. The Balaban J connectivity index is 2.34. The summed E-state index contributed by atoms with van der Waals surface area (Å²) in [6.07, 6.45) is 0. The predicted octanol–water partition coefficient (Wildman–Crippen LogP) is 3.45. The van der Waals surface area contributed by atoms with Crippen molar-refractivity contribution in [2.75, 3.05) is 17.7 Å². The molecule has 98 valence electrons. The van der Waals surface area contributed by atoms with E-state index < -0.39 is 5.82 Å². The van der Waals surface area contributed by atoms with E-state index in [0.29, 0.717) is 15.8 Å². The van der Waals surface area contributed by atoms with Gasteiger partial charge in [0.2, 0.25) is 0 Å². The van der Waals surface area contributed by atoms with Gasteiger partial charge in [-0.2, -0.15) is 0 Å². The van der Waals surface area contributed by atoms with Crippen LogP contribution in [0.15, 0.2) is 46.9 Å². The molecule has 0 aliphatic carbocycles. The zero-order chi connectivity index (χ0) is 14.0. The largest absolute Gasteiger partial charge is 0.397 e. The summed E-state index contributed by atoms with van der Waals surface area (Å²) in [5.41, 5.74) is 7.18. The lowest BCUT2D eigenvalue weighted by Gasteiger charge is -2.19. The van der Waals surface area contributed by atoms with Crippen molar-refractivity contribution in [1.82, 2.24) is 0 Å². The molecule has 0 aliphatic heterocycles. The molecule has 0 radical (unpaired) electrons. The van der Waals surface area contributed by atoms with Crippen LogP contribution in [0.25, 0.3) is 0 Å². The predicted molar refractivity (Wildman–Crippen MR) is 77.7 cm³/mol. The summed E-state index contributed by atoms with van der Waals surface area (Å²) in [5, 5.41) is 0. The van der Waals surface area contributed by atoms with E-state index in [1.807, 2.05) is 0 Å². The lowest BCUT2D eigenvalue weighted by Crippen LogP contribution is -2.27. The van der Waals surface area contributed by atoms with Crippen LogP contribution in [-0.2, 0) is 0 Å². The average molecular weight is 323 g/mol. The summed E-state index contributed by atoms with van der Waals surface area (Å²) >= 11 is 3.05. The van der Waals surface area contributed by atoms with Gasteiger partial charge in [0.15, 0.2) is 0 Å². The zero-order valence-corrected chi connectivity index (χ0v) is 11.8. The highest BCUT2D eigenvalue weighted by atomic mass is 79.9. The minimum atomic E-state index is -0.472. The van der Waals surface area contributed by atoms with Gasteiger partial charge in [0, 0.05) is 12.6 Å². The molecular weight excluding hydrogens is 311 g/mol. The van der Waals surface area contributed by atoms with E-state index in [1.165, 1.54) is 17.0 Å². The third kappa shape index (κ3) is 2.76. The van der Waals surface area contributed by atoms with Crippen molar-refractivity contribution >= 4 is 33.2 Å². The van der Waals surface area contributed by atoms with Crippen molar-refractivity contribution in [2.45, 2.75) is 0 Å². The summed E-state index contributed by atoms with van der Waals surface area (Å²) in [4.78, 5) is 13.7. The number of anilines is 2. The van der Waals surface area contributed by atoms with Gasteiger partial charge in [-0.05, 0) is 46.3 Å². The molecule has 0 heterocycles. The Morgan fingerprint density at radius 2 is 1.95 bits per heavy atom. The highest BCUT2D eigenvalue weighted by molar-refractivity contribution is 9.10. The molecule has 0 spiro atoms. The van der Waals surface area contributed by atoms with Crippen LogP contribution in [0.5, 0.6) is 0 Å². The molecule has 0 aliphatic rings. The Bertz CT molecular complexity index is 631. The van der Waals surface area contributed by atoms with Crippen molar-refractivity contribution in [3.8, 4) is 0 Å². The summed E-state index contributed by atoms with van der Waals surface area (Å²) in [6.45, 7) is 0. The van der Waals surface area contributed by atoms with E-state index in [0.717, 1.165) is 0 Å². The second-order valence-electron chi connectivity index (χ2n) is 4.05. The number of hydrogen-bond donors (Lipinski definition) is 1. The molecule has 0 bridgehead atoms. The number of nitrogen functional groups attached to an aromatic ring is 1. The van der Waals surface area contributed by atoms with Gasteiger partial charge in [0.05, 0.1) is 15.8 Å². The monoisotopic (exact) mass is 322 g/mol. The highest BCUT2D eigenvalue weighted by Crippen LogP contribution is 2.24. The first-order valence-electron chi connectivity index (χ1n) is 5.58. The second kappa shape index (κ2) is 5.40. The van der Waals surface area contributed by atoms with Gasteiger partial charge in [-0.15, -0.1) is 0 Å². The quantitative estimate of drug-likeness (QED) is 0.861. The Morgan fingerprint density at radius 1 is 1.26 bits per heavy atom. The van der Waals surface area contributed by atoms with Gasteiger partial charge in [-0.1, -0.05) is 12.1 Å². The van der Waals surface area contributed by atoms with Gasteiger partial charge in [0.25, 0.3) is 5.91 Å². The van der Waals surface area contributed by atoms with Crippen LogP contribution in [0.3, 0.4) is 0 Å². The summed E-state index contributed by atoms with van der Waals surface area (Å²) in [5.74, 6) is -0.787. The van der Waals surface area contributed by atoms with Crippen molar-refractivity contribution in [3.05, 3.63) is 58.3 Å². The summed E-state index contributed by atoms with van der Waals surface area (Å²) < 4.78 is 13.8.